The van der Waals surface area contributed by atoms with Crippen LogP contribution in [0.4, 0.5) is 30.2 Å². The van der Waals surface area contributed by atoms with Gasteiger partial charge in [-0.05, 0) is 67.6 Å². The quantitative estimate of drug-likeness (QED) is 0.752. The number of rotatable bonds is 3. The maximum absolute atomic E-state index is 13.2. The van der Waals surface area contributed by atoms with Crippen LogP contribution in [0.2, 0.25) is 0 Å². The summed E-state index contributed by atoms with van der Waals surface area (Å²) < 4.78 is 39.7. The Kier molecular flexibility index (Phi) is 5.40. The van der Waals surface area contributed by atoms with Crippen molar-refractivity contribution in [1.82, 2.24) is 0 Å². The Morgan fingerprint density at radius 1 is 1.00 bits per heavy atom. The first-order valence-electron chi connectivity index (χ1n) is 10.0. The molecule has 30 heavy (non-hydrogen) atoms. The average molecular weight is 417 g/mol. The molecule has 2 N–H and O–H groups in total. The SMILES string of the molecule is O=C1CCCc2cc(C(=O)Nc3cc(C(F)(F)F)ccc3N3CCCC3)ccc2N1. The summed E-state index contributed by atoms with van der Waals surface area (Å²) in [5.41, 5.74) is 1.80. The Morgan fingerprint density at radius 3 is 2.50 bits per heavy atom. The lowest BCUT2D eigenvalue weighted by atomic mass is 10.0. The van der Waals surface area contributed by atoms with E-state index in [2.05, 4.69) is 10.6 Å². The maximum Gasteiger partial charge on any atom is 0.416 e. The number of alkyl halides is 3. The highest BCUT2D eigenvalue weighted by Crippen LogP contribution is 2.37. The van der Waals surface area contributed by atoms with Crippen LogP contribution in [0, 0.1) is 0 Å². The van der Waals surface area contributed by atoms with E-state index in [1.54, 1.807) is 18.2 Å². The highest BCUT2D eigenvalue weighted by molar-refractivity contribution is 6.06. The summed E-state index contributed by atoms with van der Waals surface area (Å²) in [6, 6.07) is 8.41. The normalized spacial score (nSPS) is 16.6. The standard InChI is InChI=1S/C22H22F3N3O2/c23-22(24,25)16-7-9-19(28-10-1-2-11-28)18(13-16)27-21(30)15-6-8-17-14(12-15)4-3-5-20(29)26-17/h6-9,12-13H,1-5,10-11H2,(H,26,29)(H,27,30). The van der Waals surface area contributed by atoms with Crippen molar-refractivity contribution in [3.05, 3.63) is 53.1 Å². The molecule has 1 fully saturated rings. The molecule has 158 valence electrons. The summed E-state index contributed by atoms with van der Waals surface area (Å²) in [6.45, 7) is 1.49. The zero-order valence-electron chi connectivity index (χ0n) is 16.3. The van der Waals surface area contributed by atoms with Crippen LogP contribution in [0.5, 0.6) is 0 Å². The van der Waals surface area contributed by atoms with Gasteiger partial charge in [-0.25, -0.2) is 0 Å². The fourth-order valence-electron chi connectivity index (χ4n) is 3.96. The van der Waals surface area contributed by atoms with Gasteiger partial charge in [0.2, 0.25) is 5.91 Å². The molecule has 0 saturated carbocycles. The van der Waals surface area contributed by atoms with E-state index >= 15 is 0 Å². The summed E-state index contributed by atoms with van der Waals surface area (Å²) in [4.78, 5) is 26.6. The number of nitrogens with one attached hydrogen (secondary N) is 2. The molecule has 2 heterocycles. The van der Waals surface area contributed by atoms with Crippen LogP contribution in [-0.4, -0.2) is 24.9 Å². The van der Waals surface area contributed by atoms with Gasteiger partial charge in [0, 0.05) is 30.8 Å². The third-order valence-corrected chi connectivity index (χ3v) is 5.51. The van der Waals surface area contributed by atoms with Gasteiger partial charge >= 0.3 is 6.18 Å². The van der Waals surface area contributed by atoms with Crippen LogP contribution in [0.25, 0.3) is 0 Å². The molecule has 0 radical (unpaired) electrons. The lowest BCUT2D eigenvalue weighted by Crippen LogP contribution is -2.22. The predicted octanol–water partition coefficient (Wildman–Crippen LogP) is 4.83. The number of hydrogen-bond donors (Lipinski definition) is 2. The molecule has 0 aliphatic carbocycles. The monoisotopic (exact) mass is 417 g/mol. The minimum atomic E-state index is -4.49. The van der Waals surface area contributed by atoms with E-state index in [1.807, 2.05) is 4.90 Å². The summed E-state index contributed by atoms with van der Waals surface area (Å²) in [5, 5.41) is 5.49. The predicted molar refractivity (Wildman–Crippen MR) is 109 cm³/mol. The van der Waals surface area contributed by atoms with Crippen molar-refractivity contribution in [1.29, 1.82) is 0 Å². The van der Waals surface area contributed by atoms with Crippen molar-refractivity contribution in [2.24, 2.45) is 0 Å². The molecular weight excluding hydrogens is 395 g/mol. The van der Waals surface area contributed by atoms with Crippen molar-refractivity contribution in [3.8, 4) is 0 Å². The summed E-state index contributed by atoms with van der Waals surface area (Å²) >= 11 is 0. The number of halogens is 3. The van der Waals surface area contributed by atoms with Crippen molar-refractivity contribution < 1.29 is 22.8 Å². The minimum Gasteiger partial charge on any atom is -0.370 e. The Bertz CT molecular complexity index is 982. The third-order valence-electron chi connectivity index (χ3n) is 5.51. The number of fused-ring (bicyclic) bond motifs is 1. The summed E-state index contributed by atoms with van der Waals surface area (Å²) in [7, 11) is 0. The fraction of sp³-hybridized carbons (Fsp3) is 0.364. The van der Waals surface area contributed by atoms with Crippen LogP contribution in [0.3, 0.4) is 0 Å². The number of aryl methyl sites for hydroxylation is 1. The van der Waals surface area contributed by atoms with Gasteiger partial charge < -0.3 is 15.5 Å². The van der Waals surface area contributed by atoms with Crippen molar-refractivity contribution >= 4 is 28.9 Å². The molecule has 4 rings (SSSR count). The van der Waals surface area contributed by atoms with Crippen LogP contribution < -0.4 is 15.5 Å². The molecule has 2 aromatic rings. The molecule has 0 atom stereocenters. The van der Waals surface area contributed by atoms with Gasteiger partial charge in [0.15, 0.2) is 0 Å². The molecule has 2 aromatic carbocycles. The van der Waals surface area contributed by atoms with Crippen molar-refractivity contribution in [2.75, 3.05) is 28.6 Å². The molecule has 0 unspecified atom stereocenters. The number of benzene rings is 2. The molecule has 1 saturated heterocycles. The molecule has 8 heteroatoms. The molecule has 2 aliphatic heterocycles. The van der Waals surface area contributed by atoms with Gasteiger partial charge in [0.25, 0.3) is 5.91 Å². The number of nitrogens with zero attached hydrogens (tertiary/aromatic N) is 1. The lowest BCUT2D eigenvalue weighted by molar-refractivity contribution is -0.137. The fourth-order valence-corrected chi connectivity index (χ4v) is 3.96. The molecule has 5 nitrogen and oxygen atoms in total. The van der Waals surface area contributed by atoms with Gasteiger partial charge in [-0.3, -0.25) is 9.59 Å². The van der Waals surface area contributed by atoms with E-state index in [4.69, 9.17) is 0 Å². The molecule has 0 spiro atoms. The van der Waals surface area contributed by atoms with Gasteiger partial charge in [-0.2, -0.15) is 13.2 Å². The Balaban J connectivity index is 1.63. The molecule has 2 amide bonds. The molecular formula is C22H22F3N3O2. The number of amides is 2. The Morgan fingerprint density at radius 2 is 1.77 bits per heavy atom. The third kappa shape index (κ3) is 4.27. The Labute approximate surface area is 172 Å². The second-order valence-corrected chi connectivity index (χ2v) is 7.65. The number of hydrogen-bond acceptors (Lipinski definition) is 3. The zero-order chi connectivity index (χ0) is 21.3. The van der Waals surface area contributed by atoms with E-state index in [0.717, 1.165) is 43.6 Å². The van der Waals surface area contributed by atoms with Crippen molar-refractivity contribution in [3.63, 3.8) is 0 Å². The highest BCUT2D eigenvalue weighted by atomic mass is 19.4. The highest BCUT2D eigenvalue weighted by Gasteiger charge is 2.32. The van der Waals surface area contributed by atoms with Gasteiger partial charge in [0.05, 0.1) is 16.9 Å². The molecule has 0 aromatic heterocycles. The largest absolute Gasteiger partial charge is 0.416 e. The van der Waals surface area contributed by atoms with Crippen LogP contribution in [0.15, 0.2) is 36.4 Å². The smallest absolute Gasteiger partial charge is 0.370 e. The number of carbonyl (C=O) groups is 2. The van der Waals surface area contributed by atoms with E-state index in [1.165, 1.54) is 6.07 Å². The molecule has 0 bridgehead atoms. The second kappa shape index (κ2) is 8.01. The van der Waals surface area contributed by atoms with Crippen LogP contribution >= 0.6 is 0 Å². The summed E-state index contributed by atoms with van der Waals surface area (Å²) in [5.74, 6) is -0.543. The lowest BCUT2D eigenvalue weighted by Gasteiger charge is -2.23. The van der Waals surface area contributed by atoms with Crippen molar-refractivity contribution in [2.45, 2.75) is 38.3 Å². The van der Waals surface area contributed by atoms with Gasteiger partial charge in [-0.15, -0.1) is 0 Å². The number of anilines is 3. The summed E-state index contributed by atoms with van der Waals surface area (Å²) in [6.07, 6.45) is -0.824. The second-order valence-electron chi connectivity index (χ2n) is 7.65. The molecule has 2 aliphatic rings. The first kappa shape index (κ1) is 20.3. The first-order valence-corrected chi connectivity index (χ1v) is 10.0. The minimum absolute atomic E-state index is 0.0647. The van der Waals surface area contributed by atoms with Crippen LogP contribution in [0.1, 0.15) is 47.2 Å². The van der Waals surface area contributed by atoms with E-state index in [9.17, 15) is 22.8 Å². The van der Waals surface area contributed by atoms with Gasteiger partial charge in [0.1, 0.15) is 0 Å². The van der Waals surface area contributed by atoms with E-state index in [0.29, 0.717) is 36.2 Å². The number of carbonyl (C=O) groups excluding carboxylic acids is 2. The Hall–Kier alpha value is -3.03. The van der Waals surface area contributed by atoms with E-state index < -0.39 is 17.6 Å². The topological polar surface area (TPSA) is 61.4 Å². The van der Waals surface area contributed by atoms with Gasteiger partial charge in [-0.1, -0.05) is 0 Å². The maximum atomic E-state index is 13.2. The van der Waals surface area contributed by atoms with Crippen LogP contribution in [-0.2, 0) is 17.4 Å². The average Bonchev–Trinajstić information content (AvgIpc) is 3.16. The van der Waals surface area contributed by atoms with E-state index in [-0.39, 0.29) is 11.6 Å². The first-order chi connectivity index (χ1) is 14.3. The zero-order valence-corrected chi connectivity index (χ0v) is 16.3.